The number of rotatable bonds is 7. The van der Waals surface area contributed by atoms with Crippen LogP contribution in [0.4, 0.5) is 0 Å². The Kier molecular flexibility index (Phi) is 6.86. The van der Waals surface area contributed by atoms with Crippen molar-refractivity contribution < 1.29 is 14.7 Å². The largest absolute Gasteiger partial charge is 0.396 e. The summed E-state index contributed by atoms with van der Waals surface area (Å²) in [7, 11) is 0. The first-order chi connectivity index (χ1) is 10.7. The molecule has 1 fully saturated rings. The van der Waals surface area contributed by atoms with Crippen molar-refractivity contribution in [3.8, 4) is 0 Å². The van der Waals surface area contributed by atoms with E-state index in [0.29, 0.717) is 19.5 Å². The summed E-state index contributed by atoms with van der Waals surface area (Å²) in [5.74, 6) is -0.0488. The third-order valence-electron chi connectivity index (χ3n) is 3.92. The Balaban J connectivity index is 1.74. The molecule has 0 aromatic carbocycles. The highest BCUT2D eigenvalue weighted by atomic mass is 32.1. The predicted molar refractivity (Wildman–Crippen MR) is 86.7 cm³/mol. The summed E-state index contributed by atoms with van der Waals surface area (Å²) in [5, 5.41) is 14.3. The predicted octanol–water partition coefficient (Wildman–Crippen LogP) is 1.42. The minimum Gasteiger partial charge on any atom is -0.396 e. The normalized spacial score (nSPS) is 17.1. The molecule has 0 radical (unpaired) electrons. The third-order valence-corrected chi connectivity index (χ3v) is 4.82. The molecule has 5 nitrogen and oxygen atoms in total. The SMILES string of the molecule is O=C(CN1CCCCCC1=O)NCC(CO)Cc1cccs1. The first kappa shape index (κ1) is 17.0. The second kappa shape index (κ2) is 8.90. The van der Waals surface area contributed by atoms with E-state index in [1.165, 1.54) is 4.88 Å². The Morgan fingerprint density at radius 2 is 2.27 bits per heavy atom. The summed E-state index contributed by atoms with van der Waals surface area (Å²) in [6.45, 7) is 1.29. The molecule has 0 saturated carbocycles. The summed E-state index contributed by atoms with van der Waals surface area (Å²) in [4.78, 5) is 26.7. The molecule has 1 aromatic rings. The van der Waals surface area contributed by atoms with E-state index in [9.17, 15) is 14.7 Å². The van der Waals surface area contributed by atoms with Gasteiger partial charge in [0.15, 0.2) is 0 Å². The van der Waals surface area contributed by atoms with E-state index in [0.717, 1.165) is 25.7 Å². The van der Waals surface area contributed by atoms with Gasteiger partial charge in [-0.05, 0) is 30.7 Å². The van der Waals surface area contributed by atoms with E-state index in [-0.39, 0.29) is 30.9 Å². The van der Waals surface area contributed by atoms with Crippen LogP contribution >= 0.6 is 11.3 Å². The van der Waals surface area contributed by atoms with Crippen LogP contribution in [0.2, 0.25) is 0 Å². The van der Waals surface area contributed by atoms with E-state index in [4.69, 9.17) is 0 Å². The first-order valence-electron chi connectivity index (χ1n) is 7.86. The number of aliphatic hydroxyl groups is 1. The van der Waals surface area contributed by atoms with Gasteiger partial charge in [0.1, 0.15) is 0 Å². The molecule has 1 aromatic heterocycles. The van der Waals surface area contributed by atoms with Crippen molar-refractivity contribution in [2.45, 2.75) is 32.1 Å². The average Bonchev–Trinajstić information content (AvgIpc) is 2.94. The second-order valence-corrected chi connectivity index (χ2v) is 6.79. The molecule has 2 heterocycles. The molecule has 6 heteroatoms. The van der Waals surface area contributed by atoms with Crippen LogP contribution in [-0.4, -0.2) is 48.1 Å². The van der Waals surface area contributed by atoms with E-state index >= 15 is 0 Å². The lowest BCUT2D eigenvalue weighted by Gasteiger charge is -2.21. The molecule has 0 spiro atoms. The van der Waals surface area contributed by atoms with Crippen LogP contribution in [0.1, 0.15) is 30.6 Å². The Labute approximate surface area is 135 Å². The molecule has 0 bridgehead atoms. The summed E-state index contributed by atoms with van der Waals surface area (Å²) in [6, 6.07) is 4.02. The van der Waals surface area contributed by atoms with Gasteiger partial charge < -0.3 is 15.3 Å². The van der Waals surface area contributed by atoms with E-state index < -0.39 is 0 Å². The fourth-order valence-corrected chi connectivity index (χ4v) is 3.43. The van der Waals surface area contributed by atoms with Gasteiger partial charge in [-0.1, -0.05) is 12.5 Å². The van der Waals surface area contributed by atoms with Crippen LogP contribution in [0, 0.1) is 5.92 Å². The molecule has 22 heavy (non-hydrogen) atoms. The zero-order chi connectivity index (χ0) is 15.8. The van der Waals surface area contributed by atoms with Crippen molar-refractivity contribution in [1.82, 2.24) is 10.2 Å². The van der Waals surface area contributed by atoms with Crippen molar-refractivity contribution in [1.29, 1.82) is 0 Å². The summed E-state index contributed by atoms with van der Waals surface area (Å²) in [5.41, 5.74) is 0. The highest BCUT2D eigenvalue weighted by Crippen LogP contribution is 2.14. The summed E-state index contributed by atoms with van der Waals surface area (Å²) >= 11 is 1.66. The topological polar surface area (TPSA) is 69.6 Å². The number of carbonyl (C=O) groups is 2. The molecule has 1 saturated heterocycles. The average molecular weight is 324 g/mol. The number of carbonyl (C=O) groups excluding carboxylic acids is 2. The molecule has 0 aliphatic carbocycles. The van der Waals surface area contributed by atoms with Crippen LogP contribution in [0.3, 0.4) is 0 Å². The van der Waals surface area contributed by atoms with Gasteiger partial charge in [-0.2, -0.15) is 0 Å². The Hall–Kier alpha value is -1.40. The fraction of sp³-hybridized carbons (Fsp3) is 0.625. The molecule has 1 unspecified atom stereocenters. The van der Waals surface area contributed by atoms with Gasteiger partial charge in [0.2, 0.25) is 11.8 Å². The maximum atomic E-state index is 12.0. The fourth-order valence-electron chi connectivity index (χ4n) is 2.61. The van der Waals surface area contributed by atoms with E-state index in [1.807, 2.05) is 17.5 Å². The van der Waals surface area contributed by atoms with E-state index in [1.54, 1.807) is 16.2 Å². The number of aliphatic hydroxyl groups excluding tert-OH is 1. The van der Waals surface area contributed by atoms with Crippen LogP contribution in [-0.2, 0) is 16.0 Å². The molecular formula is C16H24N2O3S. The molecule has 2 amide bonds. The molecule has 2 N–H and O–H groups in total. The molecular weight excluding hydrogens is 300 g/mol. The van der Waals surface area contributed by atoms with Crippen molar-refractivity contribution in [2.24, 2.45) is 5.92 Å². The smallest absolute Gasteiger partial charge is 0.239 e. The summed E-state index contributed by atoms with van der Waals surface area (Å²) in [6.07, 6.45) is 4.25. The number of thiophene rings is 1. The molecule has 1 atom stereocenters. The lowest BCUT2D eigenvalue weighted by molar-refractivity contribution is -0.135. The van der Waals surface area contributed by atoms with Gasteiger partial charge in [0, 0.05) is 36.9 Å². The summed E-state index contributed by atoms with van der Waals surface area (Å²) < 4.78 is 0. The monoisotopic (exact) mass is 324 g/mol. The highest BCUT2D eigenvalue weighted by Gasteiger charge is 2.19. The van der Waals surface area contributed by atoms with Gasteiger partial charge in [-0.25, -0.2) is 0 Å². The number of likely N-dealkylation sites (tertiary alicyclic amines) is 1. The van der Waals surface area contributed by atoms with Crippen molar-refractivity contribution in [2.75, 3.05) is 26.2 Å². The van der Waals surface area contributed by atoms with Gasteiger partial charge in [0.25, 0.3) is 0 Å². The lowest BCUT2D eigenvalue weighted by atomic mass is 10.1. The number of hydrogen-bond acceptors (Lipinski definition) is 4. The Morgan fingerprint density at radius 3 is 3.00 bits per heavy atom. The van der Waals surface area contributed by atoms with Crippen LogP contribution in [0.25, 0.3) is 0 Å². The van der Waals surface area contributed by atoms with Crippen molar-refractivity contribution >= 4 is 23.2 Å². The molecule has 2 rings (SSSR count). The molecule has 1 aliphatic heterocycles. The first-order valence-corrected chi connectivity index (χ1v) is 8.74. The number of nitrogens with one attached hydrogen (secondary N) is 1. The zero-order valence-electron chi connectivity index (χ0n) is 12.8. The number of hydrogen-bond donors (Lipinski definition) is 2. The standard InChI is InChI=1S/C16H24N2O3S/c19-12-13(9-14-5-4-8-22-14)10-17-15(20)11-18-7-3-1-2-6-16(18)21/h4-5,8,13,19H,1-3,6-7,9-12H2,(H,17,20). The molecule has 1 aliphatic rings. The second-order valence-electron chi connectivity index (χ2n) is 5.76. The lowest BCUT2D eigenvalue weighted by Crippen LogP contribution is -2.42. The Bertz CT molecular complexity index is 476. The van der Waals surface area contributed by atoms with Crippen LogP contribution in [0.15, 0.2) is 17.5 Å². The van der Waals surface area contributed by atoms with Crippen LogP contribution in [0.5, 0.6) is 0 Å². The maximum Gasteiger partial charge on any atom is 0.239 e. The Morgan fingerprint density at radius 1 is 1.41 bits per heavy atom. The van der Waals surface area contributed by atoms with Gasteiger partial charge in [0.05, 0.1) is 6.54 Å². The quantitative estimate of drug-likeness (QED) is 0.797. The third kappa shape index (κ3) is 5.42. The van der Waals surface area contributed by atoms with Gasteiger partial charge in [-0.3, -0.25) is 9.59 Å². The highest BCUT2D eigenvalue weighted by molar-refractivity contribution is 7.09. The van der Waals surface area contributed by atoms with Gasteiger partial charge in [-0.15, -0.1) is 11.3 Å². The van der Waals surface area contributed by atoms with Crippen molar-refractivity contribution in [3.63, 3.8) is 0 Å². The van der Waals surface area contributed by atoms with Crippen molar-refractivity contribution in [3.05, 3.63) is 22.4 Å². The minimum absolute atomic E-state index is 0.0161. The van der Waals surface area contributed by atoms with Crippen LogP contribution < -0.4 is 5.32 Å². The van der Waals surface area contributed by atoms with E-state index in [2.05, 4.69) is 5.32 Å². The van der Waals surface area contributed by atoms with Gasteiger partial charge >= 0.3 is 0 Å². The zero-order valence-corrected chi connectivity index (χ0v) is 13.6. The maximum absolute atomic E-state index is 12.0. The molecule has 122 valence electrons. The number of nitrogens with zero attached hydrogens (tertiary/aromatic N) is 1. The number of amides is 2. The minimum atomic E-state index is -0.139.